The van der Waals surface area contributed by atoms with Crippen LogP contribution < -0.4 is 10.1 Å². The molecule has 0 aliphatic heterocycles. The van der Waals surface area contributed by atoms with Gasteiger partial charge in [-0.25, -0.2) is 19.3 Å². The van der Waals surface area contributed by atoms with E-state index in [9.17, 15) is 22.4 Å². The van der Waals surface area contributed by atoms with Crippen molar-refractivity contribution in [3.05, 3.63) is 83.5 Å². The molecule has 3 heterocycles. The number of nitrogens with zero attached hydrogens (tertiary/aromatic N) is 4. The van der Waals surface area contributed by atoms with Crippen LogP contribution in [0.25, 0.3) is 11.1 Å². The second kappa shape index (κ2) is 9.84. The molecule has 1 aliphatic carbocycles. The Kier molecular flexibility index (Phi) is 6.55. The predicted molar refractivity (Wildman–Crippen MR) is 127 cm³/mol. The molecule has 38 heavy (non-hydrogen) atoms. The summed E-state index contributed by atoms with van der Waals surface area (Å²) < 4.78 is 64.4. The largest absolute Gasteiger partial charge is 0.481 e. The van der Waals surface area contributed by atoms with E-state index in [1.54, 1.807) is 30.7 Å². The number of hydrogen-bond acceptors (Lipinski definition) is 7. The van der Waals surface area contributed by atoms with Gasteiger partial charge in [0.1, 0.15) is 17.1 Å². The standard InChI is InChI=1S/C26H21F4N5O3/c1-37-24-5-2-15(12-33-24)8-21-31-13-18(14-32-21)16-3-4-17(19(27)9-16)10-23(36)34-22-11-20(38-35-22)25(6-7-25)26(28,29)30/h2-5,9,11-14H,6-8,10H2,1H3,(H,34,35,36). The van der Waals surface area contributed by atoms with Gasteiger partial charge in [0.15, 0.2) is 11.6 Å². The summed E-state index contributed by atoms with van der Waals surface area (Å²) in [6.07, 6.45) is 0.307. The molecule has 1 aromatic carbocycles. The Hall–Kier alpha value is -4.35. The summed E-state index contributed by atoms with van der Waals surface area (Å²) in [5.41, 5.74) is 0.0762. The number of nitrogens with one attached hydrogen (secondary N) is 1. The third-order valence-electron chi connectivity index (χ3n) is 6.35. The molecule has 12 heteroatoms. The van der Waals surface area contributed by atoms with Gasteiger partial charge in [-0.2, -0.15) is 13.2 Å². The van der Waals surface area contributed by atoms with Gasteiger partial charge in [0.25, 0.3) is 0 Å². The Balaban J connectivity index is 1.20. The van der Waals surface area contributed by atoms with Gasteiger partial charge >= 0.3 is 6.18 Å². The molecule has 0 saturated heterocycles. The van der Waals surface area contributed by atoms with Gasteiger partial charge in [0, 0.05) is 42.7 Å². The van der Waals surface area contributed by atoms with Gasteiger partial charge in [-0.15, -0.1) is 0 Å². The maximum atomic E-state index is 14.8. The van der Waals surface area contributed by atoms with Crippen molar-refractivity contribution in [2.45, 2.75) is 37.3 Å². The van der Waals surface area contributed by atoms with E-state index in [0.29, 0.717) is 29.3 Å². The van der Waals surface area contributed by atoms with Crippen LogP contribution in [0, 0.1) is 5.82 Å². The number of ether oxygens (including phenoxy) is 1. The highest BCUT2D eigenvalue weighted by Crippen LogP contribution is 2.59. The SMILES string of the molecule is COc1ccc(Cc2ncc(-c3ccc(CC(=O)Nc4cc(C5(C(F)(F)F)CC5)on4)c(F)c3)cn2)cn1. The summed E-state index contributed by atoms with van der Waals surface area (Å²) in [6.45, 7) is 0. The highest BCUT2D eigenvalue weighted by atomic mass is 19.4. The Labute approximate surface area is 214 Å². The molecule has 1 fully saturated rings. The fraction of sp³-hybridized carbons (Fsp3) is 0.269. The molecule has 8 nitrogen and oxygen atoms in total. The van der Waals surface area contributed by atoms with Crippen molar-refractivity contribution in [1.82, 2.24) is 20.1 Å². The Morgan fingerprint density at radius 2 is 1.82 bits per heavy atom. The number of pyridine rings is 1. The quantitative estimate of drug-likeness (QED) is 0.320. The van der Waals surface area contributed by atoms with Gasteiger partial charge in [0.05, 0.1) is 13.5 Å². The summed E-state index contributed by atoms with van der Waals surface area (Å²) >= 11 is 0. The van der Waals surface area contributed by atoms with Gasteiger partial charge in [-0.3, -0.25) is 4.79 Å². The van der Waals surface area contributed by atoms with E-state index in [2.05, 4.69) is 25.4 Å². The molecule has 4 aromatic rings. The van der Waals surface area contributed by atoms with Crippen molar-refractivity contribution in [1.29, 1.82) is 0 Å². The summed E-state index contributed by atoms with van der Waals surface area (Å²) in [5.74, 6) is -0.694. The Bertz CT molecular complexity index is 1450. The molecule has 196 valence electrons. The van der Waals surface area contributed by atoms with Crippen LogP contribution in [0.1, 0.15) is 35.6 Å². The second-order valence-electron chi connectivity index (χ2n) is 8.96. The first kappa shape index (κ1) is 25.3. The second-order valence-corrected chi connectivity index (χ2v) is 8.96. The average molecular weight is 527 g/mol. The molecular formula is C26H21F4N5O3. The molecule has 0 radical (unpaired) electrons. The minimum Gasteiger partial charge on any atom is -0.481 e. The molecule has 1 N–H and O–H groups in total. The van der Waals surface area contributed by atoms with E-state index in [4.69, 9.17) is 9.26 Å². The van der Waals surface area contributed by atoms with Crippen molar-refractivity contribution in [3.8, 4) is 17.0 Å². The molecule has 5 rings (SSSR count). The predicted octanol–water partition coefficient (Wildman–Crippen LogP) is 5.04. The minimum absolute atomic E-state index is 0.0927. The van der Waals surface area contributed by atoms with Crippen LogP contribution >= 0.6 is 0 Å². The van der Waals surface area contributed by atoms with E-state index in [1.165, 1.54) is 19.2 Å². The van der Waals surface area contributed by atoms with E-state index < -0.39 is 23.3 Å². The van der Waals surface area contributed by atoms with Gasteiger partial charge < -0.3 is 14.6 Å². The molecular weight excluding hydrogens is 506 g/mol. The number of carbonyl (C=O) groups excluding carboxylic acids is 1. The number of methoxy groups -OCH3 is 1. The van der Waals surface area contributed by atoms with Crippen molar-refractivity contribution in [2.24, 2.45) is 0 Å². The van der Waals surface area contributed by atoms with Crippen LogP contribution in [-0.2, 0) is 23.1 Å². The highest BCUT2D eigenvalue weighted by molar-refractivity contribution is 5.91. The van der Waals surface area contributed by atoms with Crippen molar-refractivity contribution < 1.29 is 31.6 Å². The monoisotopic (exact) mass is 527 g/mol. The zero-order chi connectivity index (χ0) is 26.9. The molecule has 3 aromatic heterocycles. The molecule has 0 atom stereocenters. The lowest BCUT2D eigenvalue weighted by Gasteiger charge is -2.14. The zero-order valence-electron chi connectivity index (χ0n) is 20.1. The number of anilines is 1. The lowest BCUT2D eigenvalue weighted by molar-refractivity contribution is -0.165. The van der Waals surface area contributed by atoms with Crippen LogP contribution in [0.2, 0.25) is 0 Å². The summed E-state index contributed by atoms with van der Waals surface area (Å²) in [7, 11) is 1.54. The van der Waals surface area contributed by atoms with Crippen LogP contribution in [0.15, 0.2) is 59.5 Å². The number of alkyl halides is 3. The van der Waals surface area contributed by atoms with Gasteiger partial charge in [0.2, 0.25) is 11.8 Å². The topological polar surface area (TPSA) is 103 Å². The fourth-order valence-electron chi connectivity index (χ4n) is 4.00. The van der Waals surface area contributed by atoms with Gasteiger partial charge in [-0.05, 0) is 35.6 Å². The zero-order valence-corrected chi connectivity index (χ0v) is 20.1. The smallest absolute Gasteiger partial charge is 0.401 e. The van der Waals surface area contributed by atoms with Gasteiger partial charge in [-0.1, -0.05) is 23.4 Å². The Morgan fingerprint density at radius 1 is 1.05 bits per heavy atom. The molecule has 1 saturated carbocycles. The average Bonchev–Trinajstić information content (AvgIpc) is 3.60. The Morgan fingerprint density at radius 3 is 2.42 bits per heavy atom. The fourth-order valence-corrected chi connectivity index (χ4v) is 4.00. The first-order valence-electron chi connectivity index (χ1n) is 11.6. The lowest BCUT2D eigenvalue weighted by Crippen LogP contribution is -2.28. The van der Waals surface area contributed by atoms with Crippen molar-refractivity contribution >= 4 is 11.7 Å². The number of amides is 1. The molecule has 0 spiro atoms. The third-order valence-corrected chi connectivity index (χ3v) is 6.35. The van der Waals surface area contributed by atoms with Crippen molar-refractivity contribution in [2.75, 3.05) is 12.4 Å². The third kappa shape index (κ3) is 5.20. The number of carbonyl (C=O) groups is 1. The van der Waals surface area contributed by atoms with Crippen LogP contribution in [-0.4, -0.2) is 39.3 Å². The summed E-state index contributed by atoms with van der Waals surface area (Å²) in [5, 5.41) is 5.87. The minimum atomic E-state index is -4.46. The number of aromatic nitrogens is 4. The first-order chi connectivity index (χ1) is 18.2. The van der Waals surface area contributed by atoms with E-state index in [-0.39, 0.29) is 36.4 Å². The van der Waals surface area contributed by atoms with Crippen molar-refractivity contribution in [3.63, 3.8) is 0 Å². The normalized spacial score (nSPS) is 14.2. The number of halogens is 4. The van der Waals surface area contributed by atoms with Crippen LogP contribution in [0.3, 0.4) is 0 Å². The molecule has 0 unspecified atom stereocenters. The highest BCUT2D eigenvalue weighted by Gasteiger charge is 2.66. The molecule has 1 amide bonds. The number of hydrogen-bond donors (Lipinski definition) is 1. The number of benzene rings is 1. The maximum absolute atomic E-state index is 14.8. The van der Waals surface area contributed by atoms with Crippen LogP contribution in [0.5, 0.6) is 5.88 Å². The van der Waals surface area contributed by atoms with E-state index in [0.717, 1.165) is 11.6 Å². The van der Waals surface area contributed by atoms with Crippen LogP contribution in [0.4, 0.5) is 23.4 Å². The molecule has 0 bridgehead atoms. The van der Waals surface area contributed by atoms with E-state index >= 15 is 0 Å². The molecule has 1 aliphatic rings. The number of rotatable bonds is 8. The maximum Gasteiger partial charge on any atom is 0.401 e. The van der Waals surface area contributed by atoms with E-state index in [1.807, 2.05) is 6.07 Å². The summed E-state index contributed by atoms with van der Waals surface area (Å²) in [6, 6.07) is 9.02. The lowest BCUT2D eigenvalue weighted by atomic mass is 10.0. The summed E-state index contributed by atoms with van der Waals surface area (Å²) in [4.78, 5) is 25.2. The first-order valence-corrected chi connectivity index (χ1v) is 11.6.